The number of aromatic nitrogens is 5. The highest BCUT2D eigenvalue weighted by molar-refractivity contribution is 5.84. The first-order chi connectivity index (χ1) is 15.2. The van der Waals surface area contributed by atoms with E-state index in [4.69, 9.17) is 14.6 Å². The maximum atomic E-state index is 8.92. The Morgan fingerprint density at radius 2 is 2.03 bits per heavy atom. The molecule has 162 valence electrons. The van der Waals surface area contributed by atoms with Crippen LogP contribution in [0, 0.1) is 0 Å². The van der Waals surface area contributed by atoms with Gasteiger partial charge in [-0.2, -0.15) is 4.98 Å². The topological polar surface area (TPSA) is 98.2 Å². The van der Waals surface area contributed by atoms with Crippen molar-refractivity contribution in [1.82, 2.24) is 24.0 Å². The molecule has 0 saturated heterocycles. The molecule has 31 heavy (non-hydrogen) atoms. The van der Waals surface area contributed by atoms with E-state index in [1.54, 1.807) is 13.3 Å². The molecule has 9 heteroatoms. The van der Waals surface area contributed by atoms with Crippen LogP contribution < -0.4 is 10.1 Å². The van der Waals surface area contributed by atoms with Gasteiger partial charge in [-0.25, -0.2) is 9.50 Å². The van der Waals surface area contributed by atoms with E-state index in [0.717, 1.165) is 48.0 Å². The lowest BCUT2D eigenvalue weighted by molar-refractivity contribution is 0.00718. The molecule has 0 unspecified atom stereocenters. The summed E-state index contributed by atoms with van der Waals surface area (Å²) in [6.07, 6.45) is 11.8. The average molecular weight is 422 g/mol. The van der Waals surface area contributed by atoms with Gasteiger partial charge < -0.3 is 24.3 Å². The summed E-state index contributed by atoms with van der Waals surface area (Å²) < 4.78 is 15.1. The number of pyridine rings is 1. The van der Waals surface area contributed by atoms with Gasteiger partial charge >= 0.3 is 0 Å². The Morgan fingerprint density at radius 1 is 1.16 bits per heavy atom. The van der Waals surface area contributed by atoms with Gasteiger partial charge in [0.2, 0.25) is 11.8 Å². The molecule has 0 aromatic carbocycles. The number of imidazole rings is 1. The number of hydrogen-bond donors (Lipinski definition) is 2. The average Bonchev–Trinajstić information content (AvgIpc) is 3.44. The summed E-state index contributed by atoms with van der Waals surface area (Å²) in [5, 5.41) is 17.0. The highest BCUT2D eigenvalue weighted by atomic mass is 16.5. The first-order valence-electron chi connectivity index (χ1n) is 10.6. The largest absolute Gasteiger partial charge is 0.479 e. The van der Waals surface area contributed by atoms with Crippen molar-refractivity contribution < 1.29 is 14.6 Å². The van der Waals surface area contributed by atoms with E-state index in [-0.39, 0.29) is 18.8 Å². The summed E-state index contributed by atoms with van der Waals surface area (Å²) >= 11 is 0. The minimum atomic E-state index is 0.0703. The molecule has 4 aromatic heterocycles. The zero-order chi connectivity index (χ0) is 21.2. The van der Waals surface area contributed by atoms with Gasteiger partial charge in [-0.15, -0.1) is 5.10 Å². The van der Waals surface area contributed by atoms with Crippen LogP contribution in [0.5, 0.6) is 5.88 Å². The lowest BCUT2D eigenvalue weighted by atomic mass is 9.93. The monoisotopic (exact) mass is 422 g/mol. The van der Waals surface area contributed by atoms with Gasteiger partial charge in [0.05, 0.1) is 26.4 Å². The first kappa shape index (κ1) is 19.8. The molecule has 4 heterocycles. The fourth-order valence-electron chi connectivity index (χ4n) is 4.28. The van der Waals surface area contributed by atoms with Crippen molar-refractivity contribution in [1.29, 1.82) is 0 Å². The zero-order valence-corrected chi connectivity index (χ0v) is 17.4. The summed E-state index contributed by atoms with van der Waals surface area (Å²) in [6.45, 7) is 0.477. The van der Waals surface area contributed by atoms with Crippen LogP contribution in [0.25, 0.3) is 22.3 Å². The maximum absolute atomic E-state index is 8.92. The summed E-state index contributed by atoms with van der Waals surface area (Å²) in [5.41, 5.74) is 3.77. The Kier molecular flexibility index (Phi) is 5.44. The van der Waals surface area contributed by atoms with Crippen molar-refractivity contribution in [2.24, 2.45) is 0 Å². The fourth-order valence-corrected chi connectivity index (χ4v) is 4.28. The van der Waals surface area contributed by atoms with Gasteiger partial charge in [0.1, 0.15) is 11.2 Å². The first-order valence-corrected chi connectivity index (χ1v) is 10.6. The Morgan fingerprint density at radius 3 is 2.84 bits per heavy atom. The third-order valence-electron chi connectivity index (χ3n) is 5.82. The van der Waals surface area contributed by atoms with Crippen LogP contribution in [0.2, 0.25) is 0 Å². The van der Waals surface area contributed by atoms with Crippen LogP contribution >= 0.6 is 0 Å². The predicted molar refractivity (Wildman–Crippen MR) is 116 cm³/mol. The number of aliphatic hydroxyl groups excluding tert-OH is 1. The van der Waals surface area contributed by atoms with Crippen molar-refractivity contribution in [2.75, 3.05) is 25.6 Å². The van der Waals surface area contributed by atoms with Gasteiger partial charge in [0.15, 0.2) is 0 Å². The van der Waals surface area contributed by atoms with E-state index in [1.807, 2.05) is 45.7 Å². The predicted octanol–water partition coefficient (Wildman–Crippen LogP) is 2.78. The maximum Gasteiger partial charge on any atom is 0.244 e. The molecule has 1 aliphatic carbocycles. The highest BCUT2D eigenvalue weighted by Crippen LogP contribution is 2.32. The smallest absolute Gasteiger partial charge is 0.244 e. The molecule has 0 radical (unpaired) electrons. The molecular formula is C22H26N6O3. The molecule has 0 amide bonds. The van der Waals surface area contributed by atoms with Crippen molar-refractivity contribution in [3.8, 4) is 17.0 Å². The number of rotatable bonds is 7. The van der Waals surface area contributed by atoms with E-state index in [2.05, 4.69) is 20.4 Å². The number of nitrogens with one attached hydrogen (secondary N) is 1. The quantitative estimate of drug-likeness (QED) is 0.473. The van der Waals surface area contributed by atoms with Gasteiger partial charge in [-0.05, 0) is 43.9 Å². The third-order valence-corrected chi connectivity index (χ3v) is 5.82. The van der Waals surface area contributed by atoms with Crippen molar-refractivity contribution in [2.45, 2.75) is 37.8 Å². The second-order valence-electron chi connectivity index (χ2n) is 7.79. The van der Waals surface area contributed by atoms with E-state index >= 15 is 0 Å². The number of hydrogen-bond acceptors (Lipinski definition) is 7. The number of ether oxygens (including phenoxy) is 2. The number of anilines is 1. The molecule has 0 bridgehead atoms. The zero-order valence-electron chi connectivity index (χ0n) is 17.4. The summed E-state index contributed by atoms with van der Waals surface area (Å²) in [6, 6.07) is 6.34. The highest BCUT2D eigenvalue weighted by Gasteiger charge is 2.23. The molecule has 2 N–H and O–H groups in total. The third kappa shape index (κ3) is 3.94. The molecule has 1 aliphatic rings. The van der Waals surface area contributed by atoms with Crippen LogP contribution in [0.3, 0.4) is 0 Å². The second kappa shape index (κ2) is 8.52. The number of fused-ring (bicyclic) bond motifs is 2. The van der Waals surface area contributed by atoms with E-state index in [1.165, 1.54) is 0 Å². The van der Waals surface area contributed by atoms with Crippen LogP contribution in [-0.2, 0) is 4.74 Å². The lowest BCUT2D eigenvalue weighted by Gasteiger charge is -2.29. The van der Waals surface area contributed by atoms with Crippen molar-refractivity contribution in [3.05, 3.63) is 43.0 Å². The van der Waals surface area contributed by atoms with E-state index in [9.17, 15) is 0 Å². The van der Waals surface area contributed by atoms with Crippen molar-refractivity contribution >= 4 is 17.1 Å². The minimum Gasteiger partial charge on any atom is -0.479 e. The van der Waals surface area contributed by atoms with Crippen LogP contribution in [0.4, 0.5) is 5.95 Å². The fraction of sp³-hybridized carbons (Fsp3) is 0.409. The number of methoxy groups -OCH3 is 1. The molecule has 0 aliphatic heterocycles. The van der Waals surface area contributed by atoms with Crippen LogP contribution in [-0.4, -0.2) is 61.6 Å². The Bertz CT molecular complexity index is 1180. The molecular weight excluding hydrogens is 396 g/mol. The standard InChI is InChI=1S/C22H26N6O3/c1-30-21-20-18(15-2-7-19-23-9-11-27(19)14-15)8-10-28(20)26-22(25-21)24-16-3-5-17(6-4-16)31-13-12-29/h2,7-11,14,16-17,29H,3-6,12-13H2,1H3,(H,24,26)/t16-,17-. The molecule has 5 rings (SSSR count). The Balaban J connectivity index is 1.38. The van der Waals surface area contributed by atoms with Gasteiger partial charge in [0, 0.05) is 42.0 Å². The van der Waals surface area contributed by atoms with E-state index < -0.39 is 0 Å². The molecule has 1 saturated carbocycles. The van der Waals surface area contributed by atoms with Gasteiger partial charge in [-0.1, -0.05) is 0 Å². The second-order valence-corrected chi connectivity index (χ2v) is 7.79. The summed E-state index contributed by atoms with van der Waals surface area (Å²) in [4.78, 5) is 8.95. The Labute approximate surface area is 179 Å². The SMILES string of the molecule is COc1nc(N[C@H]2CC[C@H](OCCO)CC2)nn2ccc(-c3ccc4nccn4c3)c12. The lowest BCUT2D eigenvalue weighted by Crippen LogP contribution is -2.31. The summed E-state index contributed by atoms with van der Waals surface area (Å²) in [7, 11) is 1.63. The molecule has 0 atom stereocenters. The van der Waals surface area contributed by atoms with Crippen LogP contribution in [0.15, 0.2) is 43.0 Å². The van der Waals surface area contributed by atoms with Crippen LogP contribution in [0.1, 0.15) is 25.7 Å². The minimum absolute atomic E-state index is 0.0703. The Hall–Kier alpha value is -3.17. The molecule has 0 spiro atoms. The molecule has 4 aromatic rings. The van der Waals surface area contributed by atoms with Gasteiger partial charge in [-0.3, -0.25) is 0 Å². The van der Waals surface area contributed by atoms with Crippen molar-refractivity contribution in [3.63, 3.8) is 0 Å². The molecule has 1 fully saturated rings. The number of aliphatic hydroxyl groups is 1. The van der Waals surface area contributed by atoms with Gasteiger partial charge in [0.25, 0.3) is 0 Å². The molecule has 9 nitrogen and oxygen atoms in total. The number of nitrogens with zero attached hydrogens (tertiary/aromatic N) is 5. The summed E-state index contributed by atoms with van der Waals surface area (Å²) in [5.74, 6) is 1.08. The normalized spacial score (nSPS) is 19.2. The van der Waals surface area contributed by atoms with E-state index in [0.29, 0.717) is 18.4 Å².